The van der Waals surface area contributed by atoms with Gasteiger partial charge in [0.05, 0.1) is 0 Å². The summed E-state index contributed by atoms with van der Waals surface area (Å²) < 4.78 is 0. The Labute approximate surface area is 134 Å². The highest BCUT2D eigenvalue weighted by Gasteiger charge is 2.29. The summed E-state index contributed by atoms with van der Waals surface area (Å²) in [6, 6.07) is 0.817. The minimum absolute atomic E-state index is 0.817. The van der Waals surface area contributed by atoms with Gasteiger partial charge in [-0.3, -0.25) is 0 Å². The van der Waals surface area contributed by atoms with Gasteiger partial charge in [-0.2, -0.15) is 0 Å². The predicted molar refractivity (Wildman–Crippen MR) is 95.8 cm³/mol. The van der Waals surface area contributed by atoms with Crippen molar-refractivity contribution in [3.63, 3.8) is 0 Å². The molecule has 0 amide bonds. The molecule has 0 aromatic rings. The number of unbranched alkanes of at least 4 members (excludes halogenated alkanes) is 6. The van der Waals surface area contributed by atoms with Crippen molar-refractivity contribution in [2.75, 3.05) is 6.54 Å². The van der Waals surface area contributed by atoms with Crippen LogP contribution in [0.4, 0.5) is 0 Å². The summed E-state index contributed by atoms with van der Waals surface area (Å²) in [5.74, 6) is 2.00. The van der Waals surface area contributed by atoms with Crippen molar-refractivity contribution in [1.29, 1.82) is 0 Å². The van der Waals surface area contributed by atoms with E-state index < -0.39 is 0 Å². The molecule has 1 saturated carbocycles. The number of hydrogen-bond acceptors (Lipinski definition) is 1. The summed E-state index contributed by atoms with van der Waals surface area (Å²) >= 11 is 0. The summed E-state index contributed by atoms with van der Waals surface area (Å²) in [6.07, 6.45) is 18.6. The summed E-state index contributed by atoms with van der Waals surface area (Å²) in [7, 11) is 0. The molecule has 0 aromatic carbocycles. The Bertz CT molecular complexity index is 226. The molecule has 0 radical (unpaired) electrons. The molecule has 3 unspecified atom stereocenters. The molecule has 21 heavy (non-hydrogen) atoms. The van der Waals surface area contributed by atoms with Gasteiger partial charge in [0.15, 0.2) is 0 Å². The van der Waals surface area contributed by atoms with Gasteiger partial charge in [-0.1, -0.05) is 78.6 Å². The maximum atomic E-state index is 3.87. The fourth-order valence-electron chi connectivity index (χ4n) is 4.01. The van der Waals surface area contributed by atoms with E-state index in [0.717, 1.165) is 17.9 Å². The van der Waals surface area contributed by atoms with E-state index in [0.29, 0.717) is 0 Å². The zero-order valence-corrected chi connectivity index (χ0v) is 15.1. The zero-order valence-electron chi connectivity index (χ0n) is 15.1. The molecule has 0 aliphatic heterocycles. The first-order valence-electron chi connectivity index (χ1n) is 10.0. The lowest BCUT2D eigenvalue weighted by atomic mass is 9.91. The lowest BCUT2D eigenvalue weighted by molar-refractivity contribution is 0.320. The first-order chi connectivity index (χ1) is 10.3. The first kappa shape index (κ1) is 19.0. The number of nitrogens with one attached hydrogen (secondary N) is 1. The van der Waals surface area contributed by atoms with E-state index in [4.69, 9.17) is 0 Å². The van der Waals surface area contributed by atoms with Crippen LogP contribution in [-0.2, 0) is 0 Å². The Hall–Kier alpha value is -0.0400. The quantitative estimate of drug-likeness (QED) is 0.392. The molecule has 0 saturated heterocycles. The minimum atomic E-state index is 0.817. The van der Waals surface area contributed by atoms with Crippen LogP contribution in [0, 0.1) is 11.8 Å². The van der Waals surface area contributed by atoms with Crippen molar-refractivity contribution in [2.45, 2.75) is 110 Å². The van der Waals surface area contributed by atoms with Crippen molar-refractivity contribution in [3.05, 3.63) is 0 Å². The fraction of sp³-hybridized carbons (Fsp3) is 1.00. The highest BCUT2D eigenvalue weighted by molar-refractivity contribution is 4.84. The zero-order chi connectivity index (χ0) is 15.3. The Balaban J connectivity index is 2.17. The first-order valence-corrected chi connectivity index (χ1v) is 10.0. The second-order valence-electron chi connectivity index (χ2n) is 7.32. The smallest absolute Gasteiger partial charge is 0.00954 e. The van der Waals surface area contributed by atoms with Crippen molar-refractivity contribution >= 4 is 0 Å². The SMILES string of the molecule is CCCCCCCCCC(NCCC)C1CCC(CC)C1. The molecule has 126 valence electrons. The van der Waals surface area contributed by atoms with Crippen LogP contribution in [0.25, 0.3) is 0 Å². The Morgan fingerprint density at radius 3 is 2.19 bits per heavy atom. The Morgan fingerprint density at radius 1 is 0.857 bits per heavy atom. The van der Waals surface area contributed by atoms with E-state index in [-0.39, 0.29) is 0 Å². The van der Waals surface area contributed by atoms with Crippen LogP contribution in [0.3, 0.4) is 0 Å². The van der Waals surface area contributed by atoms with E-state index in [2.05, 4.69) is 26.1 Å². The molecule has 0 bridgehead atoms. The number of hydrogen-bond donors (Lipinski definition) is 1. The minimum Gasteiger partial charge on any atom is -0.314 e. The average molecular weight is 296 g/mol. The predicted octanol–water partition coefficient (Wildman–Crippen LogP) is 6.32. The molecule has 3 atom stereocenters. The molecule has 0 aromatic heterocycles. The van der Waals surface area contributed by atoms with Crippen LogP contribution < -0.4 is 5.32 Å². The summed E-state index contributed by atoms with van der Waals surface area (Å²) in [4.78, 5) is 0. The lowest BCUT2D eigenvalue weighted by Crippen LogP contribution is -2.35. The van der Waals surface area contributed by atoms with E-state index >= 15 is 0 Å². The van der Waals surface area contributed by atoms with Crippen LogP contribution in [0.5, 0.6) is 0 Å². The highest BCUT2D eigenvalue weighted by atomic mass is 14.9. The highest BCUT2D eigenvalue weighted by Crippen LogP contribution is 2.36. The van der Waals surface area contributed by atoms with Gasteiger partial charge < -0.3 is 5.32 Å². The lowest BCUT2D eigenvalue weighted by Gasteiger charge is -2.25. The maximum absolute atomic E-state index is 3.87. The van der Waals surface area contributed by atoms with E-state index in [1.807, 2.05) is 0 Å². The Kier molecular flexibility index (Phi) is 11.3. The van der Waals surface area contributed by atoms with Gasteiger partial charge in [0.1, 0.15) is 0 Å². The molecule has 0 heterocycles. The largest absolute Gasteiger partial charge is 0.314 e. The Morgan fingerprint density at radius 2 is 1.57 bits per heavy atom. The van der Waals surface area contributed by atoms with Gasteiger partial charge >= 0.3 is 0 Å². The second-order valence-corrected chi connectivity index (χ2v) is 7.32. The van der Waals surface area contributed by atoms with Gasteiger partial charge in [0.25, 0.3) is 0 Å². The molecular weight excluding hydrogens is 254 g/mol. The normalized spacial score (nSPS) is 23.6. The summed E-state index contributed by atoms with van der Waals surface area (Å²) in [5, 5.41) is 3.87. The van der Waals surface area contributed by atoms with E-state index in [1.54, 1.807) is 0 Å². The number of rotatable bonds is 13. The molecule has 1 rings (SSSR count). The van der Waals surface area contributed by atoms with E-state index in [1.165, 1.54) is 90.0 Å². The van der Waals surface area contributed by atoms with E-state index in [9.17, 15) is 0 Å². The van der Waals surface area contributed by atoms with Gasteiger partial charge in [0.2, 0.25) is 0 Å². The third kappa shape index (κ3) is 8.24. The fourth-order valence-corrected chi connectivity index (χ4v) is 4.01. The third-order valence-electron chi connectivity index (χ3n) is 5.50. The third-order valence-corrected chi connectivity index (χ3v) is 5.50. The van der Waals surface area contributed by atoms with Gasteiger partial charge in [-0.05, 0) is 44.1 Å². The van der Waals surface area contributed by atoms with Gasteiger partial charge in [-0.25, -0.2) is 0 Å². The molecule has 1 fully saturated rings. The molecule has 1 aliphatic rings. The molecule has 1 heteroatoms. The van der Waals surface area contributed by atoms with Gasteiger partial charge in [0, 0.05) is 6.04 Å². The van der Waals surface area contributed by atoms with Crippen molar-refractivity contribution < 1.29 is 0 Å². The van der Waals surface area contributed by atoms with Crippen molar-refractivity contribution in [2.24, 2.45) is 11.8 Å². The molecule has 1 N–H and O–H groups in total. The average Bonchev–Trinajstić information content (AvgIpc) is 2.98. The monoisotopic (exact) mass is 295 g/mol. The molecule has 1 nitrogen and oxygen atoms in total. The maximum Gasteiger partial charge on any atom is 0.00954 e. The van der Waals surface area contributed by atoms with Crippen molar-refractivity contribution in [1.82, 2.24) is 5.32 Å². The topological polar surface area (TPSA) is 12.0 Å². The van der Waals surface area contributed by atoms with Crippen LogP contribution in [0.15, 0.2) is 0 Å². The van der Waals surface area contributed by atoms with Crippen LogP contribution in [0.2, 0.25) is 0 Å². The molecule has 0 spiro atoms. The van der Waals surface area contributed by atoms with Crippen LogP contribution >= 0.6 is 0 Å². The van der Waals surface area contributed by atoms with Crippen molar-refractivity contribution in [3.8, 4) is 0 Å². The van der Waals surface area contributed by atoms with Crippen LogP contribution in [-0.4, -0.2) is 12.6 Å². The molecule has 1 aliphatic carbocycles. The standard InChI is InChI=1S/C20H41N/c1-4-7-8-9-10-11-12-13-20(21-16-5-2)19-15-14-18(6-3)17-19/h18-21H,4-17H2,1-3H3. The summed E-state index contributed by atoms with van der Waals surface area (Å²) in [6.45, 7) is 8.18. The molecular formula is C20H41N. The van der Waals surface area contributed by atoms with Gasteiger partial charge in [-0.15, -0.1) is 0 Å². The van der Waals surface area contributed by atoms with Crippen LogP contribution in [0.1, 0.15) is 104 Å². The second kappa shape index (κ2) is 12.5. The summed E-state index contributed by atoms with van der Waals surface area (Å²) in [5.41, 5.74) is 0.